The quantitative estimate of drug-likeness (QED) is 0.594. The van der Waals surface area contributed by atoms with Crippen LogP contribution in [0.5, 0.6) is 5.75 Å². The van der Waals surface area contributed by atoms with Crippen LogP contribution in [0.25, 0.3) is 0 Å². The molecule has 0 aliphatic carbocycles. The lowest BCUT2D eigenvalue weighted by molar-refractivity contribution is 0.474. The summed E-state index contributed by atoms with van der Waals surface area (Å²) in [6, 6.07) is 5.42. The Morgan fingerprint density at radius 1 is 1.31 bits per heavy atom. The molecule has 0 aromatic heterocycles. The third-order valence-electron chi connectivity index (χ3n) is 2.32. The molecule has 0 atom stereocenters. The zero-order chi connectivity index (χ0) is 9.26. The largest absolute Gasteiger partial charge is 0.508 e. The molecule has 2 N–H and O–H groups in total. The second-order valence-corrected chi connectivity index (χ2v) is 3.42. The molecule has 0 unspecified atom stereocenters. The number of nitrogens with one attached hydrogen (secondary N) is 1. The molecule has 68 valence electrons. The third-order valence-corrected chi connectivity index (χ3v) is 2.32. The maximum atomic E-state index is 9.30. The maximum absolute atomic E-state index is 9.30. The second-order valence-electron chi connectivity index (χ2n) is 3.42. The Morgan fingerprint density at radius 2 is 2.15 bits per heavy atom. The lowest BCUT2D eigenvalue weighted by Gasteiger charge is -2.08. The minimum absolute atomic E-state index is 0.341. The van der Waals surface area contributed by atoms with Crippen LogP contribution in [-0.2, 0) is 6.42 Å². The van der Waals surface area contributed by atoms with E-state index in [1.165, 1.54) is 5.56 Å². The molecule has 0 saturated heterocycles. The predicted octanol–water partition coefficient (Wildman–Crippen LogP) is 2.65. The first kappa shape index (κ1) is 8.17. The maximum Gasteiger partial charge on any atom is 0.116 e. The molecule has 2 nitrogen and oxygen atoms in total. The van der Waals surface area contributed by atoms with E-state index < -0.39 is 0 Å². The van der Waals surface area contributed by atoms with Gasteiger partial charge >= 0.3 is 0 Å². The summed E-state index contributed by atoms with van der Waals surface area (Å²) >= 11 is 0. The predicted molar refractivity (Wildman–Crippen MR) is 53.8 cm³/mol. The standard InChI is InChI=1S/C11H13NO/c1-8-3-2-4-9-7-10(13)5-6-11(9)12-8/h5-7,12-13H,1-4H2. The summed E-state index contributed by atoms with van der Waals surface area (Å²) in [6.07, 6.45) is 3.12. The molecule has 0 saturated carbocycles. The number of rotatable bonds is 0. The van der Waals surface area contributed by atoms with Crippen LogP contribution in [-0.4, -0.2) is 5.11 Å². The molecule has 0 fully saturated rings. The summed E-state index contributed by atoms with van der Waals surface area (Å²) in [5.41, 5.74) is 3.32. The lowest BCUT2D eigenvalue weighted by Crippen LogP contribution is -1.95. The van der Waals surface area contributed by atoms with E-state index in [4.69, 9.17) is 0 Å². The van der Waals surface area contributed by atoms with Crippen LogP contribution in [0.1, 0.15) is 18.4 Å². The van der Waals surface area contributed by atoms with Gasteiger partial charge in [0.2, 0.25) is 0 Å². The van der Waals surface area contributed by atoms with Crippen LogP contribution < -0.4 is 5.32 Å². The molecule has 1 aliphatic rings. The fourth-order valence-corrected chi connectivity index (χ4v) is 1.65. The molecule has 13 heavy (non-hydrogen) atoms. The SMILES string of the molecule is C=C1CCCc2cc(O)ccc2N1. The van der Waals surface area contributed by atoms with Gasteiger partial charge in [0, 0.05) is 11.4 Å². The Hall–Kier alpha value is -1.44. The number of allylic oxidation sites excluding steroid dienone is 1. The average Bonchev–Trinajstić information content (AvgIpc) is 2.25. The van der Waals surface area contributed by atoms with Crippen molar-refractivity contribution in [2.45, 2.75) is 19.3 Å². The molecule has 1 aliphatic heterocycles. The topological polar surface area (TPSA) is 32.3 Å². The minimum atomic E-state index is 0.341. The second kappa shape index (κ2) is 3.13. The van der Waals surface area contributed by atoms with Crippen molar-refractivity contribution in [3.05, 3.63) is 36.0 Å². The zero-order valence-corrected chi connectivity index (χ0v) is 7.51. The third kappa shape index (κ3) is 1.66. The molecule has 0 spiro atoms. The molecular formula is C11H13NO. The molecule has 1 aromatic carbocycles. The van der Waals surface area contributed by atoms with E-state index >= 15 is 0 Å². The summed E-state index contributed by atoms with van der Waals surface area (Å²) in [5.74, 6) is 0.341. The van der Waals surface area contributed by atoms with E-state index in [1.54, 1.807) is 6.07 Å². The van der Waals surface area contributed by atoms with Crippen molar-refractivity contribution >= 4 is 5.69 Å². The molecule has 1 heterocycles. The number of fused-ring (bicyclic) bond motifs is 1. The van der Waals surface area contributed by atoms with Crippen molar-refractivity contribution in [1.82, 2.24) is 0 Å². The van der Waals surface area contributed by atoms with Crippen molar-refractivity contribution in [2.75, 3.05) is 5.32 Å². The number of aromatic hydroxyl groups is 1. The van der Waals surface area contributed by atoms with Crippen molar-refractivity contribution in [1.29, 1.82) is 0 Å². The van der Waals surface area contributed by atoms with Gasteiger partial charge in [-0.25, -0.2) is 0 Å². The number of phenols is 1. The van der Waals surface area contributed by atoms with Gasteiger partial charge in [-0.05, 0) is 43.0 Å². The van der Waals surface area contributed by atoms with E-state index in [0.29, 0.717) is 5.75 Å². The highest BCUT2D eigenvalue weighted by Gasteiger charge is 2.09. The van der Waals surface area contributed by atoms with Gasteiger partial charge in [0.1, 0.15) is 5.75 Å². The first-order valence-electron chi connectivity index (χ1n) is 4.52. The first-order valence-corrected chi connectivity index (χ1v) is 4.52. The van der Waals surface area contributed by atoms with E-state index in [0.717, 1.165) is 30.6 Å². The molecule has 2 rings (SSSR count). The smallest absolute Gasteiger partial charge is 0.116 e. The van der Waals surface area contributed by atoms with Gasteiger partial charge in [0.05, 0.1) is 0 Å². The Balaban J connectivity index is 2.40. The van der Waals surface area contributed by atoms with E-state index in [9.17, 15) is 5.11 Å². The summed E-state index contributed by atoms with van der Waals surface area (Å²) in [5, 5.41) is 12.5. The highest BCUT2D eigenvalue weighted by molar-refractivity contribution is 5.57. The van der Waals surface area contributed by atoms with Crippen molar-refractivity contribution < 1.29 is 5.11 Å². The van der Waals surface area contributed by atoms with Crippen LogP contribution in [0.4, 0.5) is 5.69 Å². The minimum Gasteiger partial charge on any atom is -0.508 e. The summed E-state index contributed by atoms with van der Waals surface area (Å²) < 4.78 is 0. The van der Waals surface area contributed by atoms with Gasteiger partial charge in [0.25, 0.3) is 0 Å². The number of benzene rings is 1. The van der Waals surface area contributed by atoms with Gasteiger partial charge in [-0.3, -0.25) is 0 Å². The molecule has 2 heteroatoms. The van der Waals surface area contributed by atoms with Crippen LogP contribution >= 0.6 is 0 Å². The fraction of sp³-hybridized carbons (Fsp3) is 0.273. The molecular weight excluding hydrogens is 162 g/mol. The zero-order valence-electron chi connectivity index (χ0n) is 7.51. The molecule has 0 amide bonds. The fourth-order valence-electron chi connectivity index (χ4n) is 1.65. The normalized spacial score (nSPS) is 15.8. The van der Waals surface area contributed by atoms with Gasteiger partial charge in [-0.1, -0.05) is 6.58 Å². The number of hydrogen-bond donors (Lipinski definition) is 2. The van der Waals surface area contributed by atoms with Crippen molar-refractivity contribution in [2.24, 2.45) is 0 Å². The highest BCUT2D eigenvalue weighted by atomic mass is 16.3. The number of hydrogen-bond acceptors (Lipinski definition) is 2. The van der Waals surface area contributed by atoms with Crippen LogP contribution in [0.3, 0.4) is 0 Å². The Bertz CT molecular complexity index is 344. The Labute approximate surface area is 77.9 Å². The number of phenolic OH excluding ortho intramolecular Hbond substituents is 1. The van der Waals surface area contributed by atoms with Crippen molar-refractivity contribution in [3.63, 3.8) is 0 Å². The summed E-state index contributed by atoms with van der Waals surface area (Å²) in [6.45, 7) is 3.92. The lowest BCUT2D eigenvalue weighted by atomic mass is 10.1. The van der Waals surface area contributed by atoms with Gasteiger partial charge < -0.3 is 10.4 Å². The Kier molecular flexibility index (Phi) is 1.97. The summed E-state index contributed by atoms with van der Waals surface area (Å²) in [4.78, 5) is 0. The van der Waals surface area contributed by atoms with Crippen LogP contribution in [0, 0.1) is 0 Å². The first-order chi connectivity index (χ1) is 6.25. The van der Waals surface area contributed by atoms with Crippen molar-refractivity contribution in [3.8, 4) is 5.75 Å². The molecule has 0 radical (unpaired) electrons. The highest BCUT2D eigenvalue weighted by Crippen LogP contribution is 2.27. The molecule has 0 bridgehead atoms. The monoisotopic (exact) mass is 175 g/mol. The van der Waals surface area contributed by atoms with Crippen LogP contribution in [0.2, 0.25) is 0 Å². The average molecular weight is 175 g/mol. The Morgan fingerprint density at radius 3 is 3.00 bits per heavy atom. The van der Waals surface area contributed by atoms with Crippen LogP contribution in [0.15, 0.2) is 30.5 Å². The number of anilines is 1. The van der Waals surface area contributed by atoms with E-state index in [-0.39, 0.29) is 0 Å². The van der Waals surface area contributed by atoms with Gasteiger partial charge in [-0.15, -0.1) is 0 Å². The summed E-state index contributed by atoms with van der Waals surface area (Å²) in [7, 11) is 0. The molecule has 1 aromatic rings. The van der Waals surface area contributed by atoms with E-state index in [1.807, 2.05) is 12.1 Å². The number of aryl methyl sites for hydroxylation is 1. The van der Waals surface area contributed by atoms with Gasteiger partial charge in [-0.2, -0.15) is 0 Å². The van der Waals surface area contributed by atoms with Gasteiger partial charge in [0.15, 0.2) is 0 Å². The van der Waals surface area contributed by atoms with E-state index in [2.05, 4.69) is 11.9 Å².